The first-order valence-corrected chi connectivity index (χ1v) is 10.4. The molecule has 3 aromatic carbocycles. The number of hydrogen-bond acceptors (Lipinski definition) is 3. The summed E-state index contributed by atoms with van der Waals surface area (Å²) < 4.78 is 5.04. The number of carboxylic acid groups (broad SMARTS) is 1. The van der Waals surface area contributed by atoms with Gasteiger partial charge in [-0.1, -0.05) is 77.8 Å². The number of amides is 1. The Labute approximate surface area is 189 Å². The maximum absolute atomic E-state index is 13.0. The second kappa shape index (κ2) is 8.61. The van der Waals surface area contributed by atoms with Crippen molar-refractivity contribution in [3.05, 3.63) is 93.5 Å². The van der Waals surface area contributed by atoms with Crippen LogP contribution in [0.1, 0.15) is 22.7 Å². The summed E-state index contributed by atoms with van der Waals surface area (Å²) in [5.74, 6) is -1.14. The van der Waals surface area contributed by atoms with Crippen molar-refractivity contribution in [2.75, 3.05) is 7.11 Å². The molecule has 1 amide bonds. The van der Waals surface area contributed by atoms with Gasteiger partial charge in [0.25, 0.3) is 0 Å². The fourth-order valence-electron chi connectivity index (χ4n) is 4.14. The number of methoxy groups -OCH3 is 1. The van der Waals surface area contributed by atoms with E-state index in [4.69, 9.17) is 27.9 Å². The van der Waals surface area contributed by atoms with Gasteiger partial charge in [-0.05, 0) is 39.9 Å². The average Bonchev–Trinajstić information content (AvgIpc) is 3.10. The van der Waals surface area contributed by atoms with E-state index in [0.29, 0.717) is 15.6 Å². The number of carboxylic acids is 1. The van der Waals surface area contributed by atoms with E-state index in [1.165, 1.54) is 12.0 Å². The van der Waals surface area contributed by atoms with Crippen molar-refractivity contribution in [2.24, 2.45) is 0 Å². The monoisotopic (exact) mass is 455 g/mol. The number of nitrogens with zero attached hydrogens (tertiary/aromatic N) is 1. The third kappa shape index (κ3) is 3.87. The van der Waals surface area contributed by atoms with Crippen LogP contribution in [0.5, 0.6) is 0 Å². The van der Waals surface area contributed by atoms with Gasteiger partial charge in [0.05, 0.1) is 23.2 Å². The highest BCUT2D eigenvalue weighted by Gasteiger charge is 2.42. The minimum atomic E-state index is -1.19. The van der Waals surface area contributed by atoms with Gasteiger partial charge < -0.3 is 9.84 Å². The number of aliphatic carboxylic acids is 1. The number of benzene rings is 3. The molecule has 0 unspecified atom stereocenters. The summed E-state index contributed by atoms with van der Waals surface area (Å²) in [5.41, 5.74) is 4.30. The molecule has 0 aliphatic heterocycles. The molecule has 0 saturated heterocycles. The Hall–Kier alpha value is -3.02. The molecular formula is C24H19Cl2NO4. The van der Waals surface area contributed by atoms with Crippen molar-refractivity contribution in [3.8, 4) is 11.1 Å². The van der Waals surface area contributed by atoms with Gasteiger partial charge in [0.15, 0.2) is 0 Å². The number of carbonyl (C=O) groups excluding carboxylic acids is 1. The summed E-state index contributed by atoms with van der Waals surface area (Å²) in [6, 6.07) is 18.5. The van der Waals surface area contributed by atoms with Gasteiger partial charge in [0, 0.05) is 6.42 Å². The van der Waals surface area contributed by atoms with E-state index in [1.54, 1.807) is 18.2 Å². The molecule has 7 heteroatoms. The smallest absolute Gasteiger partial charge is 0.411 e. The molecule has 1 aliphatic rings. The highest BCUT2D eigenvalue weighted by atomic mass is 35.5. The van der Waals surface area contributed by atoms with E-state index >= 15 is 0 Å². The minimum Gasteiger partial charge on any atom is -0.480 e. The van der Waals surface area contributed by atoms with Crippen molar-refractivity contribution < 1.29 is 19.4 Å². The molecule has 0 bridgehead atoms. The van der Waals surface area contributed by atoms with Crippen molar-refractivity contribution in [1.29, 1.82) is 0 Å². The third-order valence-corrected chi connectivity index (χ3v) is 6.24. The molecule has 1 aliphatic carbocycles. The van der Waals surface area contributed by atoms with Crippen LogP contribution >= 0.6 is 23.2 Å². The van der Waals surface area contributed by atoms with Gasteiger partial charge in [-0.15, -0.1) is 0 Å². The first kappa shape index (κ1) is 21.2. The standard InChI is InChI=1S/C24H19Cl2NO4/c1-31-24(30)27(21(23(28)29)13-14-10-11-19(25)20(26)12-14)22-17-8-4-2-6-15(17)16-7-3-5-9-18(16)22/h2-12,21-22H,13H2,1H3,(H,28,29)/t21-/m1/s1. The predicted octanol–water partition coefficient (Wildman–Crippen LogP) is 5.83. The molecule has 0 heterocycles. The van der Waals surface area contributed by atoms with Crippen LogP contribution in [0.2, 0.25) is 10.0 Å². The molecule has 3 aromatic rings. The Kier molecular flexibility index (Phi) is 5.90. The lowest BCUT2D eigenvalue weighted by molar-refractivity contribution is -0.143. The molecular weight excluding hydrogens is 437 g/mol. The Bertz CT molecular complexity index is 1120. The van der Waals surface area contributed by atoms with Gasteiger partial charge in [-0.25, -0.2) is 9.59 Å². The molecule has 1 atom stereocenters. The van der Waals surface area contributed by atoms with Crippen molar-refractivity contribution in [2.45, 2.75) is 18.5 Å². The van der Waals surface area contributed by atoms with E-state index < -0.39 is 24.1 Å². The fourth-order valence-corrected chi connectivity index (χ4v) is 4.46. The Morgan fingerprint density at radius 2 is 1.55 bits per heavy atom. The third-order valence-electron chi connectivity index (χ3n) is 5.50. The molecule has 158 valence electrons. The largest absolute Gasteiger partial charge is 0.480 e. The zero-order chi connectivity index (χ0) is 22.1. The van der Waals surface area contributed by atoms with Crippen LogP contribution in [0.25, 0.3) is 11.1 Å². The molecule has 0 spiro atoms. The predicted molar refractivity (Wildman–Crippen MR) is 120 cm³/mol. The molecule has 31 heavy (non-hydrogen) atoms. The SMILES string of the molecule is COC(=O)N(C1c2ccccc2-c2ccccc21)[C@H](Cc1ccc(Cl)c(Cl)c1)C(=O)O. The number of carbonyl (C=O) groups is 2. The number of ether oxygens (including phenoxy) is 1. The zero-order valence-electron chi connectivity index (χ0n) is 16.6. The summed E-state index contributed by atoms with van der Waals surface area (Å²) in [5, 5.41) is 10.8. The van der Waals surface area contributed by atoms with Crippen LogP contribution in [0.4, 0.5) is 4.79 Å². The lowest BCUT2D eigenvalue weighted by atomic mass is 9.98. The normalized spacial score (nSPS) is 13.3. The van der Waals surface area contributed by atoms with E-state index in [-0.39, 0.29) is 6.42 Å². The molecule has 0 radical (unpaired) electrons. The highest BCUT2D eigenvalue weighted by Crippen LogP contribution is 2.47. The number of hydrogen-bond donors (Lipinski definition) is 1. The maximum Gasteiger partial charge on any atom is 0.411 e. The van der Waals surface area contributed by atoms with Crippen LogP contribution in [-0.2, 0) is 16.0 Å². The lowest BCUT2D eigenvalue weighted by Crippen LogP contribution is -2.48. The van der Waals surface area contributed by atoms with Gasteiger partial charge in [-0.2, -0.15) is 0 Å². The highest BCUT2D eigenvalue weighted by molar-refractivity contribution is 6.42. The summed E-state index contributed by atoms with van der Waals surface area (Å²) >= 11 is 12.1. The number of halogens is 2. The van der Waals surface area contributed by atoms with Crippen molar-refractivity contribution >= 4 is 35.3 Å². The Morgan fingerprint density at radius 3 is 2.06 bits per heavy atom. The van der Waals surface area contributed by atoms with E-state index in [0.717, 1.165) is 22.3 Å². The zero-order valence-corrected chi connectivity index (χ0v) is 18.1. The second-order valence-corrected chi connectivity index (χ2v) is 8.08. The average molecular weight is 456 g/mol. The molecule has 0 saturated carbocycles. The van der Waals surface area contributed by atoms with Gasteiger partial charge in [0.1, 0.15) is 6.04 Å². The minimum absolute atomic E-state index is 0.0438. The summed E-state index contributed by atoms with van der Waals surface area (Å²) in [6.45, 7) is 0. The van der Waals surface area contributed by atoms with Gasteiger partial charge in [-0.3, -0.25) is 4.90 Å². The van der Waals surface area contributed by atoms with Crippen molar-refractivity contribution in [3.63, 3.8) is 0 Å². The molecule has 5 nitrogen and oxygen atoms in total. The first-order chi connectivity index (χ1) is 14.9. The Balaban J connectivity index is 1.83. The number of rotatable bonds is 5. The van der Waals surface area contributed by atoms with Crippen LogP contribution in [0.3, 0.4) is 0 Å². The van der Waals surface area contributed by atoms with Crippen LogP contribution in [0.15, 0.2) is 66.7 Å². The van der Waals surface area contributed by atoms with Crippen LogP contribution < -0.4 is 0 Å². The van der Waals surface area contributed by atoms with Gasteiger partial charge >= 0.3 is 12.1 Å². The molecule has 0 aromatic heterocycles. The van der Waals surface area contributed by atoms with Crippen molar-refractivity contribution in [1.82, 2.24) is 4.90 Å². The molecule has 0 fully saturated rings. The van der Waals surface area contributed by atoms with Crippen LogP contribution in [-0.4, -0.2) is 35.2 Å². The fraction of sp³-hybridized carbons (Fsp3) is 0.167. The summed E-state index contributed by atoms with van der Waals surface area (Å²) in [6.07, 6.45) is -0.675. The van der Waals surface area contributed by atoms with E-state index in [9.17, 15) is 14.7 Å². The summed E-state index contributed by atoms with van der Waals surface area (Å²) in [4.78, 5) is 26.7. The Morgan fingerprint density at radius 1 is 0.968 bits per heavy atom. The molecule has 4 rings (SSSR count). The second-order valence-electron chi connectivity index (χ2n) is 7.26. The molecule has 1 N–H and O–H groups in total. The van der Waals surface area contributed by atoms with E-state index in [2.05, 4.69) is 0 Å². The summed E-state index contributed by atoms with van der Waals surface area (Å²) in [7, 11) is 1.25. The first-order valence-electron chi connectivity index (χ1n) is 9.63. The van der Waals surface area contributed by atoms with Crippen LogP contribution in [0, 0.1) is 0 Å². The maximum atomic E-state index is 13.0. The number of fused-ring (bicyclic) bond motifs is 3. The lowest BCUT2D eigenvalue weighted by Gasteiger charge is -2.34. The topological polar surface area (TPSA) is 66.8 Å². The van der Waals surface area contributed by atoms with E-state index in [1.807, 2.05) is 48.5 Å². The van der Waals surface area contributed by atoms with Gasteiger partial charge in [0.2, 0.25) is 0 Å². The quantitative estimate of drug-likeness (QED) is 0.525.